The van der Waals surface area contributed by atoms with Gasteiger partial charge in [0.15, 0.2) is 5.03 Å². The molecule has 0 aliphatic carbocycles. The fourth-order valence-corrected chi connectivity index (χ4v) is 2.45. The van der Waals surface area contributed by atoms with E-state index in [1.54, 1.807) is 6.07 Å². The van der Waals surface area contributed by atoms with Gasteiger partial charge in [0.1, 0.15) is 0 Å². The second kappa shape index (κ2) is 6.82. The van der Waals surface area contributed by atoms with Crippen molar-refractivity contribution in [2.75, 3.05) is 6.54 Å². The molecule has 0 spiro atoms. The van der Waals surface area contributed by atoms with Crippen LogP contribution < -0.4 is 4.72 Å². The molecule has 0 saturated carbocycles. The third kappa shape index (κ3) is 4.72. The number of aromatic nitrogens is 1. The maximum absolute atomic E-state index is 11.8. The lowest BCUT2D eigenvalue weighted by molar-refractivity contribution is 0.281. The van der Waals surface area contributed by atoms with Gasteiger partial charge in [-0.1, -0.05) is 19.9 Å². The molecule has 2 N–H and O–H groups in total. The first-order valence-corrected chi connectivity index (χ1v) is 7.49. The smallest absolute Gasteiger partial charge is 0.258 e. The van der Waals surface area contributed by atoms with Crippen molar-refractivity contribution in [1.82, 2.24) is 9.71 Å². The summed E-state index contributed by atoms with van der Waals surface area (Å²) in [5.41, 5.74) is 0.591. The third-order valence-corrected chi connectivity index (χ3v) is 3.88. The van der Waals surface area contributed by atoms with Gasteiger partial charge in [0.2, 0.25) is 0 Å². The Morgan fingerprint density at radius 1 is 1.39 bits per heavy atom. The highest BCUT2D eigenvalue weighted by Gasteiger charge is 2.14. The van der Waals surface area contributed by atoms with Crippen LogP contribution in [0.25, 0.3) is 0 Å². The topological polar surface area (TPSA) is 79.3 Å². The molecule has 6 heteroatoms. The van der Waals surface area contributed by atoms with Crippen LogP contribution in [-0.2, 0) is 16.6 Å². The molecular formula is C12H20N2O3S. The van der Waals surface area contributed by atoms with E-state index in [2.05, 4.69) is 23.6 Å². The number of hydrogen-bond acceptors (Lipinski definition) is 4. The Bertz CT molecular complexity index is 455. The number of aliphatic hydroxyl groups excluding tert-OH is 1. The molecule has 0 unspecified atom stereocenters. The van der Waals surface area contributed by atoms with Crippen molar-refractivity contribution in [3.8, 4) is 0 Å². The molecule has 1 aromatic heterocycles. The van der Waals surface area contributed by atoms with Crippen LogP contribution in [-0.4, -0.2) is 25.1 Å². The zero-order valence-electron chi connectivity index (χ0n) is 10.8. The SMILES string of the molecule is CC(C)CCCNS(=O)(=O)c1ccc(CO)cn1. The van der Waals surface area contributed by atoms with E-state index in [1.165, 1.54) is 12.3 Å². The van der Waals surface area contributed by atoms with Gasteiger partial charge in [0, 0.05) is 12.7 Å². The zero-order valence-corrected chi connectivity index (χ0v) is 11.6. The maximum atomic E-state index is 11.8. The second-order valence-corrected chi connectivity index (χ2v) is 6.31. The second-order valence-electron chi connectivity index (χ2n) is 4.60. The molecule has 1 rings (SSSR count). The summed E-state index contributed by atoms with van der Waals surface area (Å²) in [6.07, 6.45) is 3.16. The van der Waals surface area contributed by atoms with E-state index in [4.69, 9.17) is 5.11 Å². The van der Waals surface area contributed by atoms with Crippen LogP contribution in [0, 0.1) is 5.92 Å². The molecule has 5 nitrogen and oxygen atoms in total. The van der Waals surface area contributed by atoms with Crippen LogP contribution in [0.15, 0.2) is 23.4 Å². The Kier molecular flexibility index (Phi) is 5.71. The predicted molar refractivity (Wildman–Crippen MR) is 69.4 cm³/mol. The molecule has 0 saturated heterocycles. The van der Waals surface area contributed by atoms with E-state index < -0.39 is 10.0 Å². The van der Waals surface area contributed by atoms with Gasteiger partial charge in [-0.25, -0.2) is 18.1 Å². The van der Waals surface area contributed by atoms with E-state index in [1.807, 2.05) is 0 Å². The van der Waals surface area contributed by atoms with E-state index in [0.29, 0.717) is 18.0 Å². The van der Waals surface area contributed by atoms with E-state index in [9.17, 15) is 8.42 Å². The summed E-state index contributed by atoms with van der Waals surface area (Å²) < 4.78 is 26.2. The quantitative estimate of drug-likeness (QED) is 0.733. The average molecular weight is 272 g/mol. The first-order chi connectivity index (χ1) is 8.45. The molecule has 0 radical (unpaired) electrons. The van der Waals surface area contributed by atoms with E-state index >= 15 is 0 Å². The van der Waals surface area contributed by atoms with E-state index in [0.717, 1.165) is 12.8 Å². The maximum Gasteiger partial charge on any atom is 0.258 e. The molecule has 1 heterocycles. The monoisotopic (exact) mass is 272 g/mol. The number of hydrogen-bond donors (Lipinski definition) is 2. The Balaban J connectivity index is 2.57. The summed E-state index contributed by atoms with van der Waals surface area (Å²) in [6, 6.07) is 2.95. The molecule has 0 bridgehead atoms. The van der Waals surface area contributed by atoms with Gasteiger partial charge >= 0.3 is 0 Å². The van der Waals surface area contributed by atoms with Crippen LogP contribution in [0.3, 0.4) is 0 Å². The molecule has 0 aliphatic rings. The summed E-state index contributed by atoms with van der Waals surface area (Å²) in [7, 11) is -3.53. The predicted octanol–water partition coefficient (Wildman–Crippen LogP) is 1.29. The molecule has 102 valence electrons. The molecule has 0 aromatic carbocycles. The van der Waals surface area contributed by atoms with Gasteiger partial charge in [0.25, 0.3) is 10.0 Å². The summed E-state index contributed by atoms with van der Waals surface area (Å²) in [4.78, 5) is 3.82. The standard InChI is InChI=1S/C12H20N2O3S/c1-10(2)4-3-7-14-18(16,17)12-6-5-11(9-15)8-13-12/h5-6,8,10,14-15H,3-4,7,9H2,1-2H3. The minimum Gasteiger partial charge on any atom is -0.392 e. The molecule has 0 aliphatic heterocycles. The fourth-order valence-electron chi connectivity index (χ4n) is 1.45. The third-order valence-electron chi connectivity index (χ3n) is 2.51. The van der Waals surface area contributed by atoms with Crippen molar-refractivity contribution in [2.24, 2.45) is 5.92 Å². The molecule has 1 aromatic rings. The van der Waals surface area contributed by atoms with Crippen molar-refractivity contribution in [2.45, 2.75) is 38.3 Å². The van der Waals surface area contributed by atoms with Gasteiger partial charge < -0.3 is 5.11 Å². The fraction of sp³-hybridized carbons (Fsp3) is 0.583. The number of rotatable bonds is 7. The van der Waals surface area contributed by atoms with Gasteiger partial charge in [-0.05, 0) is 30.4 Å². The average Bonchev–Trinajstić information content (AvgIpc) is 2.34. The minimum absolute atomic E-state index is 0.00996. The van der Waals surface area contributed by atoms with Gasteiger partial charge in [-0.15, -0.1) is 0 Å². The Morgan fingerprint density at radius 2 is 2.11 bits per heavy atom. The Labute approximate surface area is 108 Å². The highest BCUT2D eigenvalue weighted by atomic mass is 32.2. The highest BCUT2D eigenvalue weighted by molar-refractivity contribution is 7.89. The summed E-state index contributed by atoms with van der Waals surface area (Å²) in [5.74, 6) is 0.566. The van der Waals surface area contributed by atoms with Crippen molar-refractivity contribution >= 4 is 10.0 Å². The largest absolute Gasteiger partial charge is 0.392 e. The number of nitrogens with one attached hydrogen (secondary N) is 1. The van der Waals surface area contributed by atoms with Crippen molar-refractivity contribution in [3.05, 3.63) is 23.9 Å². The molecule has 0 fully saturated rings. The van der Waals surface area contributed by atoms with Crippen molar-refractivity contribution in [3.63, 3.8) is 0 Å². The number of pyridine rings is 1. The molecule has 0 atom stereocenters. The van der Waals surface area contributed by atoms with Crippen LogP contribution >= 0.6 is 0 Å². The van der Waals surface area contributed by atoms with E-state index in [-0.39, 0.29) is 11.6 Å². The highest BCUT2D eigenvalue weighted by Crippen LogP contribution is 2.07. The summed E-state index contributed by atoms with van der Waals surface area (Å²) >= 11 is 0. The number of nitrogens with zero attached hydrogens (tertiary/aromatic N) is 1. The first kappa shape index (κ1) is 15.1. The van der Waals surface area contributed by atoms with Crippen LogP contribution in [0.5, 0.6) is 0 Å². The lowest BCUT2D eigenvalue weighted by Gasteiger charge is -2.07. The Hall–Kier alpha value is -0.980. The minimum atomic E-state index is -3.53. The normalized spacial score (nSPS) is 12.0. The zero-order chi connectivity index (χ0) is 13.6. The van der Waals surface area contributed by atoms with Crippen LogP contribution in [0.4, 0.5) is 0 Å². The van der Waals surface area contributed by atoms with Crippen LogP contribution in [0.1, 0.15) is 32.3 Å². The van der Waals surface area contributed by atoms with Gasteiger partial charge in [0.05, 0.1) is 6.61 Å². The van der Waals surface area contributed by atoms with Gasteiger partial charge in [-0.3, -0.25) is 0 Å². The lowest BCUT2D eigenvalue weighted by atomic mass is 10.1. The Morgan fingerprint density at radius 3 is 2.61 bits per heavy atom. The molecule has 18 heavy (non-hydrogen) atoms. The molecule has 0 amide bonds. The summed E-state index contributed by atoms with van der Waals surface area (Å²) in [6.45, 7) is 4.48. The lowest BCUT2D eigenvalue weighted by Crippen LogP contribution is -2.25. The van der Waals surface area contributed by atoms with Crippen molar-refractivity contribution in [1.29, 1.82) is 0 Å². The first-order valence-electron chi connectivity index (χ1n) is 6.01. The van der Waals surface area contributed by atoms with Crippen molar-refractivity contribution < 1.29 is 13.5 Å². The number of aliphatic hydroxyl groups is 1. The number of sulfonamides is 1. The summed E-state index contributed by atoms with van der Waals surface area (Å²) in [5, 5.41) is 8.84. The van der Waals surface area contributed by atoms with Crippen LogP contribution in [0.2, 0.25) is 0 Å². The molecular weight excluding hydrogens is 252 g/mol. The van der Waals surface area contributed by atoms with Gasteiger partial charge in [-0.2, -0.15) is 0 Å².